The van der Waals surface area contributed by atoms with Crippen molar-refractivity contribution in [2.24, 2.45) is 0 Å². The number of ketones is 1. The number of anilines is 1. The van der Waals surface area contributed by atoms with Gasteiger partial charge in [0.05, 0.1) is 9.40 Å². The predicted molar refractivity (Wildman–Crippen MR) is 67.2 cm³/mol. The molecule has 5 nitrogen and oxygen atoms in total. The van der Waals surface area contributed by atoms with Gasteiger partial charge < -0.3 is 4.90 Å². The van der Waals surface area contributed by atoms with E-state index in [-0.39, 0.29) is 21.6 Å². The first-order valence-electron chi connectivity index (χ1n) is 5.39. The summed E-state index contributed by atoms with van der Waals surface area (Å²) in [5.41, 5.74) is 0.0748. The van der Waals surface area contributed by atoms with E-state index in [1.165, 1.54) is 0 Å². The Kier molecular flexibility index (Phi) is 3.60. The molecule has 1 saturated heterocycles. The van der Waals surface area contributed by atoms with Crippen molar-refractivity contribution in [2.45, 2.75) is 12.8 Å². The van der Waals surface area contributed by atoms with Crippen LogP contribution < -0.4 is 4.90 Å². The maximum Gasteiger partial charge on any atom is 0.293 e. The molecule has 0 saturated carbocycles. The molecule has 0 amide bonds. The summed E-state index contributed by atoms with van der Waals surface area (Å²) in [5, 5.41) is 11.0. The molecule has 0 spiro atoms. The second-order valence-electron chi connectivity index (χ2n) is 4.04. The van der Waals surface area contributed by atoms with Crippen molar-refractivity contribution >= 4 is 33.1 Å². The van der Waals surface area contributed by atoms with Gasteiger partial charge >= 0.3 is 0 Å². The Morgan fingerprint density at radius 2 is 1.94 bits per heavy atom. The molecule has 1 heterocycles. The first kappa shape index (κ1) is 12.9. The highest BCUT2D eigenvalue weighted by Gasteiger charge is 2.25. The molecule has 1 aromatic rings. The fourth-order valence-corrected chi connectivity index (χ4v) is 2.25. The van der Waals surface area contributed by atoms with Crippen LogP contribution in [0.5, 0.6) is 0 Å². The molecule has 7 heteroatoms. The Labute approximate surface area is 111 Å². The molecule has 0 unspecified atom stereocenters. The SMILES string of the molecule is O=C1CCN(c2cc(F)c(Br)cc2[N+](=O)[O-])CC1. The predicted octanol–water partition coefficient (Wildman–Crippen LogP) is 2.67. The minimum atomic E-state index is -0.549. The summed E-state index contributed by atoms with van der Waals surface area (Å²) in [6.45, 7) is 0.779. The minimum Gasteiger partial charge on any atom is -0.365 e. The van der Waals surface area contributed by atoms with Gasteiger partial charge in [-0.15, -0.1) is 0 Å². The van der Waals surface area contributed by atoms with E-state index in [1.807, 2.05) is 0 Å². The Morgan fingerprint density at radius 1 is 1.33 bits per heavy atom. The normalized spacial score (nSPS) is 15.9. The summed E-state index contributed by atoms with van der Waals surface area (Å²) in [6, 6.07) is 2.29. The number of nitrogens with zero attached hydrogens (tertiary/aromatic N) is 2. The number of Topliss-reactive ketones (excluding diaryl/α,β-unsaturated/α-hetero) is 1. The van der Waals surface area contributed by atoms with Crippen molar-refractivity contribution in [1.82, 2.24) is 0 Å². The molecule has 1 aliphatic heterocycles. The zero-order valence-electron chi connectivity index (χ0n) is 9.36. The monoisotopic (exact) mass is 316 g/mol. The molecule has 1 aliphatic rings. The molecule has 2 rings (SSSR count). The van der Waals surface area contributed by atoms with E-state index in [0.717, 1.165) is 12.1 Å². The molecule has 0 aliphatic carbocycles. The number of hydrogen-bond acceptors (Lipinski definition) is 4. The Hall–Kier alpha value is -1.50. The van der Waals surface area contributed by atoms with Gasteiger partial charge in [0.1, 0.15) is 17.3 Å². The van der Waals surface area contributed by atoms with Gasteiger partial charge in [-0.05, 0) is 15.9 Å². The quantitative estimate of drug-likeness (QED) is 0.621. The van der Waals surface area contributed by atoms with E-state index in [9.17, 15) is 19.3 Å². The van der Waals surface area contributed by atoms with E-state index in [2.05, 4.69) is 15.9 Å². The van der Waals surface area contributed by atoms with E-state index >= 15 is 0 Å². The Balaban J connectivity index is 2.39. The third-order valence-electron chi connectivity index (χ3n) is 2.88. The van der Waals surface area contributed by atoms with E-state index in [0.29, 0.717) is 25.9 Å². The summed E-state index contributed by atoms with van der Waals surface area (Å²) in [6.07, 6.45) is 0.684. The first-order chi connectivity index (χ1) is 8.49. The van der Waals surface area contributed by atoms with Gasteiger partial charge in [0.2, 0.25) is 0 Å². The average molecular weight is 317 g/mol. The number of rotatable bonds is 2. The van der Waals surface area contributed by atoms with Crippen LogP contribution in [0.25, 0.3) is 0 Å². The van der Waals surface area contributed by atoms with Crippen molar-refractivity contribution in [1.29, 1.82) is 0 Å². The highest BCUT2D eigenvalue weighted by Crippen LogP contribution is 2.34. The van der Waals surface area contributed by atoms with Crippen LogP contribution in [-0.2, 0) is 4.79 Å². The van der Waals surface area contributed by atoms with Crippen LogP contribution in [0.15, 0.2) is 16.6 Å². The summed E-state index contributed by atoms with van der Waals surface area (Å²) in [4.78, 5) is 23.2. The van der Waals surface area contributed by atoms with Gasteiger partial charge in [0.15, 0.2) is 0 Å². The summed E-state index contributed by atoms with van der Waals surface area (Å²) < 4.78 is 13.6. The van der Waals surface area contributed by atoms with Gasteiger partial charge in [-0.3, -0.25) is 14.9 Å². The maximum atomic E-state index is 13.5. The second kappa shape index (κ2) is 5.01. The second-order valence-corrected chi connectivity index (χ2v) is 4.89. The lowest BCUT2D eigenvalue weighted by atomic mass is 10.1. The van der Waals surface area contributed by atoms with Crippen LogP contribution in [0.4, 0.5) is 15.8 Å². The number of nitro benzene ring substituents is 1. The first-order valence-corrected chi connectivity index (χ1v) is 6.18. The van der Waals surface area contributed by atoms with Crippen molar-refractivity contribution in [2.75, 3.05) is 18.0 Å². The zero-order chi connectivity index (χ0) is 13.3. The summed E-state index contributed by atoms with van der Waals surface area (Å²) >= 11 is 2.93. The number of carbonyl (C=O) groups excluding carboxylic acids is 1. The highest BCUT2D eigenvalue weighted by molar-refractivity contribution is 9.10. The molecular weight excluding hydrogens is 307 g/mol. The molecule has 0 atom stereocenters. The molecule has 0 radical (unpaired) electrons. The van der Waals surface area contributed by atoms with Crippen LogP contribution in [0, 0.1) is 15.9 Å². The lowest BCUT2D eigenvalue weighted by molar-refractivity contribution is -0.384. The fourth-order valence-electron chi connectivity index (χ4n) is 1.92. The van der Waals surface area contributed by atoms with E-state index < -0.39 is 10.7 Å². The average Bonchev–Trinajstić information content (AvgIpc) is 2.33. The minimum absolute atomic E-state index is 0.0611. The molecule has 1 fully saturated rings. The van der Waals surface area contributed by atoms with Gasteiger partial charge in [-0.1, -0.05) is 0 Å². The number of nitro groups is 1. The lowest BCUT2D eigenvalue weighted by Gasteiger charge is -2.27. The third kappa shape index (κ3) is 2.50. The van der Waals surface area contributed by atoms with Crippen LogP contribution in [0.2, 0.25) is 0 Å². The van der Waals surface area contributed by atoms with Crippen molar-refractivity contribution in [3.63, 3.8) is 0 Å². The van der Waals surface area contributed by atoms with Crippen LogP contribution in [0.3, 0.4) is 0 Å². The third-order valence-corrected chi connectivity index (χ3v) is 3.48. The molecule has 0 aromatic heterocycles. The largest absolute Gasteiger partial charge is 0.365 e. The summed E-state index contributed by atoms with van der Waals surface area (Å²) in [5.74, 6) is -0.418. The van der Waals surface area contributed by atoms with Gasteiger partial charge in [-0.2, -0.15) is 0 Å². The molecule has 0 N–H and O–H groups in total. The van der Waals surface area contributed by atoms with Gasteiger partial charge in [0.25, 0.3) is 5.69 Å². The zero-order valence-corrected chi connectivity index (χ0v) is 10.9. The Morgan fingerprint density at radius 3 is 2.50 bits per heavy atom. The maximum absolute atomic E-state index is 13.5. The number of hydrogen-bond donors (Lipinski definition) is 0. The van der Waals surface area contributed by atoms with E-state index in [1.54, 1.807) is 4.90 Å². The van der Waals surface area contributed by atoms with Crippen molar-refractivity contribution < 1.29 is 14.1 Å². The Bertz CT molecular complexity index is 511. The molecule has 0 bridgehead atoms. The van der Waals surface area contributed by atoms with Crippen LogP contribution >= 0.6 is 15.9 Å². The molecule has 18 heavy (non-hydrogen) atoms. The van der Waals surface area contributed by atoms with Crippen molar-refractivity contribution in [3.05, 3.63) is 32.5 Å². The molecule has 1 aromatic carbocycles. The highest BCUT2D eigenvalue weighted by atomic mass is 79.9. The lowest BCUT2D eigenvalue weighted by Crippen LogP contribution is -2.34. The summed E-state index contributed by atoms with van der Waals surface area (Å²) in [7, 11) is 0. The number of carbonyl (C=O) groups is 1. The molecular formula is C11H10BrFN2O3. The van der Waals surface area contributed by atoms with Crippen molar-refractivity contribution in [3.8, 4) is 0 Å². The van der Waals surface area contributed by atoms with Gasteiger partial charge in [-0.25, -0.2) is 4.39 Å². The topological polar surface area (TPSA) is 63.5 Å². The number of benzene rings is 1. The standard InChI is InChI=1S/C11H10BrFN2O3/c12-8-5-11(15(17)18)10(6-9(8)13)14-3-1-7(16)2-4-14/h5-6H,1-4H2. The van der Waals surface area contributed by atoms with Gasteiger partial charge in [0, 0.05) is 38.1 Å². The molecule has 96 valence electrons. The number of piperidine rings is 1. The van der Waals surface area contributed by atoms with E-state index in [4.69, 9.17) is 0 Å². The van der Waals surface area contributed by atoms with Crippen LogP contribution in [-0.4, -0.2) is 23.8 Å². The smallest absolute Gasteiger partial charge is 0.293 e. The number of halogens is 2. The fraction of sp³-hybridized carbons (Fsp3) is 0.364. The van der Waals surface area contributed by atoms with Crippen LogP contribution in [0.1, 0.15) is 12.8 Å².